The summed E-state index contributed by atoms with van der Waals surface area (Å²) in [6.45, 7) is 7.60. The fraction of sp³-hybridized carbons (Fsp3) is 0.429. The Kier molecular flexibility index (Phi) is 11.8. The van der Waals surface area contributed by atoms with Crippen molar-refractivity contribution in [1.29, 1.82) is 0 Å². The standard InChI is InChI=1S/C35H44N2O4/c1-25(23-29(38)19-18-28-15-10-14-27-13-8-9-16-30(27)28)24-32(39)31(20-22-34(41)37-35(2,3)4)36-33(40)21-17-26-11-6-5-7-12-26/h5-16,25,31H,17-24H2,1-4H3,(H,36,40)(H,37,41)/t25-,31-/m0/s1. The second kappa shape index (κ2) is 15.3. The normalized spacial score (nSPS) is 12.9. The molecule has 0 bridgehead atoms. The molecule has 0 saturated heterocycles. The molecule has 0 saturated carbocycles. The second-order valence-corrected chi connectivity index (χ2v) is 12.1. The topological polar surface area (TPSA) is 92.3 Å². The molecule has 2 atom stereocenters. The predicted molar refractivity (Wildman–Crippen MR) is 165 cm³/mol. The molecule has 3 aromatic carbocycles. The highest BCUT2D eigenvalue weighted by Crippen LogP contribution is 2.21. The molecule has 0 heterocycles. The number of Topliss-reactive ketones (excluding diaryl/α,β-unsaturated/α-hetero) is 2. The zero-order valence-corrected chi connectivity index (χ0v) is 24.9. The van der Waals surface area contributed by atoms with Crippen LogP contribution in [0.25, 0.3) is 10.8 Å². The first kappa shape index (κ1) is 31.7. The zero-order chi connectivity index (χ0) is 29.8. The molecule has 3 rings (SSSR count). The molecule has 0 aliphatic carbocycles. The van der Waals surface area contributed by atoms with E-state index < -0.39 is 6.04 Å². The quantitative estimate of drug-likeness (QED) is 0.235. The highest BCUT2D eigenvalue weighted by Gasteiger charge is 2.25. The van der Waals surface area contributed by atoms with Crippen molar-refractivity contribution in [3.8, 4) is 0 Å². The van der Waals surface area contributed by atoms with E-state index in [1.807, 2.05) is 76.2 Å². The number of carbonyl (C=O) groups excluding carboxylic acids is 4. The highest BCUT2D eigenvalue weighted by molar-refractivity contribution is 5.90. The van der Waals surface area contributed by atoms with Crippen LogP contribution in [-0.2, 0) is 32.0 Å². The lowest BCUT2D eigenvalue weighted by molar-refractivity contribution is -0.129. The van der Waals surface area contributed by atoms with Gasteiger partial charge in [0.2, 0.25) is 11.8 Å². The van der Waals surface area contributed by atoms with E-state index in [2.05, 4.69) is 34.9 Å². The van der Waals surface area contributed by atoms with Crippen molar-refractivity contribution >= 4 is 34.2 Å². The Labute approximate surface area is 244 Å². The van der Waals surface area contributed by atoms with E-state index in [4.69, 9.17) is 0 Å². The average molecular weight is 557 g/mol. The van der Waals surface area contributed by atoms with E-state index in [0.717, 1.165) is 21.9 Å². The third-order valence-electron chi connectivity index (χ3n) is 7.06. The molecule has 0 aromatic heterocycles. The van der Waals surface area contributed by atoms with Gasteiger partial charge in [0.1, 0.15) is 5.78 Å². The maximum Gasteiger partial charge on any atom is 0.220 e. The Morgan fingerprint density at radius 2 is 1.41 bits per heavy atom. The number of carbonyl (C=O) groups is 4. The fourth-order valence-corrected chi connectivity index (χ4v) is 5.07. The molecule has 0 spiro atoms. The van der Waals surface area contributed by atoms with Crippen LogP contribution in [0.3, 0.4) is 0 Å². The Morgan fingerprint density at radius 1 is 0.732 bits per heavy atom. The van der Waals surface area contributed by atoms with E-state index in [0.29, 0.717) is 25.7 Å². The summed E-state index contributed by atoms with van der Waals surface area (Å²) in [4.78, 5) is 51.3. The molecule has 6 heteroatoms. The maximum absolute atomic E-state index is 13.3. The van der Waals surface area contributed by atoms with Gasteiger partial charge in [-0.15, -0.1) is 0 Å². The first-order valence-corrected chi connectivity index (χ1v) is 14.7. The van der Waals surface area contributed by atoms with Crippen LogP contribution in [0.5, 0.6) is 0 Å². The molecule has 0 unspecified atom stereocenters. The highest BCUT2D eigenvalue weighted by atomic mass is 16.2. The van der Waals surface area contributed by atoms with Gasteiger partial charge in [-0.1, -0.05) is 79.7 Å². The van der Waals surface area contributed by atoms with Gasteiger partial charge in [-0.2, -0.15) is 0 Å². The number of fused-ring (bicyclic) bond motifs is 1. The SMILES string of the molecule is C[C@@H](CC(=O)CCc1cccc2ccccc12)CC(=O)[C@H](CCC(=O)NC(C)(C)C)NC(=O)CCc1ccccc1. The predicted octanol–water partition coefficient (Wildman–Crippen LogP) is 6.14. The van der Waals surface area contributed by atoms with Crippen molar-refractivity contribution in [3.05, 3.63) is 83.9 Å². The minimum absolute atomic E-state index is 0.117. The maximum atomic E-state index is 13.3. The van der Waals surface area contributed by atoms with Gasteiger partial charge in [0.05, 0.1) is 6.04 Å². The summed E-state index contributed by atoms with van der Waals surface area (Å²) in [6.07, 6.45) is 2.72. The van der Waals surface area contributed by atoms with Gasteiger partial charge in [0.25, 0.3) is 0 Å². The fourth-order valence-electron chi connectivity index (χ4n) is 5.07. The summed E-state index contributed by atoms with van der Waals surface area (Å²) in [5.74, 6) is -0.565. The molecule has 41 heavy (non-hydrogen) atoms. The first-order chi connectivity index (χ1) is 19.5. The molecule has 2 amide bonds. The summed E-state index contributed by atoms with van der Waals surface area (Å²) < 4.78 is 0. The Hall–Kier alpha value is -3.80. The van der Waals surface area contributed by atoms with Gasteiger partial charge in [0.15, 0.2) is 5.78 Å². The van der Waals surface area contributed by atoms with Crippen molar-refractivity contribution in [2.45, 2.75) is 90.6 Å². The number of aryl methyl sites for hydroxylation is 2. The van der Waals surface area contributed by atoms with E-state index in [1.165, 1.54) is 0 Å². The summed E-state index contributed by atoms with van der Waals surface area (Å²) in [5, 5.41) is 8.10. The largest absolute Gasteiger partial charge is 0.352 e. The lowest BCUT2D eigenvalue weighted by Crippen LogP contribution is -2.44. The number of hydrogen-bond donors (Lipinski definition) is 2. The Bertz CT molecular complexity index is 1320. The molecule has 0 aliphatic heterocycles. The average Bonchev–Trinajstić information content (AvgIpc) is 2.92. The molecule has 6 nitrogen and oxygen atoms in total. The van der Waals surface area contributed by atoms with Crippen molar-refractivity contribution in [2.75, 3.05) is 0 Å². The van der Waals surface area contributed by atoms with Gasteiger partial charge in [-0.05, 0) is 67.9 Å². The van der Waals surface area contributed by atoms with Gasteiger partial charge in [-0.25, -0.2) is 0 Å². The van der Waals surface area contributed by atoms with Gasteiger partial charge in [0, 0.05) is 37.6 Å². The second-order valence-electron chi connectivity index (χ2n) is 12.1. The summed E-state index contributed by atoms with van der Waals surface area (Å²) in [5.41, 5.74) is 1.81. The molecule has 2 N–H and O–H groups in total. The molecule has 0 radical (unpaired) electrons. The number of ketones is 2. The van der Waals surface area contributed by atoms with Crippen molar-refractivity contribution < 1.29 is 19.2 Å². The van der Waals surface area contributed by atoms with Crippen LogP contribution in [0.2, 0.25) is 0 Å². The van der Waals surface area contributed by atoms with Crippen LogP contribution in [0.15, 0.2) is 72.8 Å². The number of benzene rings is 3. The molecule has 0 fully saturated rings. The third kappa shape index (κ3) is 11.3. The molecular formula is C35H44N2O4. The number of amides is 2. The monoisotopic (exact) mass is 556 g/mol. The molecule has 218 valence electrons. The molecule has 3 aromatic rings. The van der Waals surface area contributed by atoms with E-state index >= 15 is 0 Å². The number of hydrogen-bond acceptors (Lipinski definition) is 4. The number of rotatable bonds is 15. The summed E-state index contributed by atoms with van der Waals surface area (Å²) in [7, 11) is 0. The smallest absolute Gasteiger partial charge is 0.220 e. The van der Waals surface area contributed by atoms with Crippen LogP contribution < -0.4 is 10.6 Å². The Balaban J connectivity index is 1.54. The summed E-state index contributed by atoms with van der Waals surface area (Å²) in [6, 6.07) is 23.2. The molecule has 0 aliphatic rings. The van der Waals surface area contributed by atoms with Crippen LogP contribution in [0.1, 0.15) is 77.3 Å². The van der Waals surface area contributed by atoms with Gasteiger partial charge in [-0.3, -0.25) is 19.2 Å². The first-order valence-electron chi connectivity index (χ1n) is 14.7. The van der Waals surface area contributed by atoms with Crippen molar-refractivity contribution in [2.24, 2.45) is 5.92 Å². The van der Waals surface area contributed by atoms with Gasteiger partial charge < -0.3 is 10.6 Å². The minimum atomic E-state index is -0.766. The number of nitrogens with one attached hydrogen (secondary N) is 2. The van der Waals surface area contributed by atoms with Crippen LogP contribution in [0.4, 0.5) is 0 Å². The zero-order valence-electron chi connectivity index (χ0n) is 24.9. The Morgan fingerprint density at radius 3 is 2.15 bits per heavy atom. The van der Waals surface area contributed by atoms with Crippen LogP contribution in [-0.4, -0.2) is 35.0 Å². The van der Waals surface area contributed by atoms with E-state index in [9.17, 15) is 19.2 Å². The lowest BCUT2D eigenvalue weighted by Gasteiger charge is -2.23. The summed E-state index contributed by atoms with van der Waals surface area (Å²) >= 11 is 0. The van der Waals surface area contributed by atoms with Gasteiger partial charge >= 0.3 is 0 Å². The lowest BCUT2D eigenvalue weighted by atomic mass is 9.91. The van der Waals surface area contributed by atoms with Crippen molar-refractivity contribution in [3.63, 3.8) is 0 Å². The van der Waals surface area contributed by atoms with E-state index in [1.54, 1.807) is 0 Å². The molecular weight excluding hydrogens is 512 g/mol. The third-order valence-corrected chi connectivity index (χ3v) is 7.06. The van der Waals surface area contributed by atoms with Crippen molar-refractivity contribution in [1.82, 2.24) is 10.6 Å². The van der Waals surface area contributed by atoms with E-state index in [-0.39, 0.29) is 60.5 Å². The minimum Gasteiger partial charge on any atom is -0.352 e. The van der Waals surface area contributed by atoms with Crippen LogP contribution in [0, 0.1) is 5.92 Å². The van der Waals surface area contributed by atoms with Crippen LogP contribution >= 0.6 is 0 Å².